The quantitative estimate of drug-likeness (QED) is 0.671. The van der Waals surface area contributed by atoms with Crippen LogP contribution in [0.3, 0.4) is 0 Å². The number of rotatable bonds is 4. The number of hydrogen-bond donors (Lipinski definition) is 1. The van der Waals surface area contributed by atoms with Crippen molar-refractivity contribution in [2.24, 2.45) is 0 Å². The highest BCUT2D eigenvalue weighted by Gasteiger charge is 2.61. The van der Waals surface area contributed by atoms with Crippen LogP contribution in [0.15, 0.2) is 48.5 Å². The molecule has 0 saturated carbocycles. The highest BCUT2D eigenvalue weighted by atomic mass is 19.4. The third kappa shape index (κ3) is 3.08. The first-order valence-electron chi connectivity index (χ1n) is 8.41. The zero-order valence-electron chi connectivity index (χ0n) is 14.7. The summed E-state index contributed by atoms with van der Waals surface area (Å²) >= 11 is 0. The lowest BCUT2D eigenvalue weighted by molar-refractivity contribution is -0.286. The smallest absolute Gasteiger partial charge is 0.307 e. The van der Waals surface area contributed by atoms with Crippen molar-refractivity contribution in [1.29, 1.82) is 0 Å². The minimum atomic E-state index is -5.84. The van der Waals surface area contributed by atoms with E-state index in [0.717, 1.165) is 12.1 Å². The van der Waals surface area contributed by atoms with E-state index in [1.54, 1.807) is 25.1 Å². The molecule has 3 nitrogen and oxygen atoms in total. The molecule has 0 spiro atoms. The third-order valence-corrected chi connectivity index (χ3v) is 4.91. The Kier molecular flexibility index (Phi) is 4.81. The van der Waals surface area contributed by atoms with Crippen molar-refractivity contribution >= 4 is 11.7 Å². The highest BCUT2D eigenvalue weighted by Crippen LogP contribution is 2.48. The summed E-state index contributed by atoms with van der Waals surface area (Å²) in [5, 5.41) is 2.29. The van der Waals surface area contributed by atoms with Crippen molar-refractivity contribution < 1.29 is 31.1 Å². The molecule has 2 aromatic carbocycles. The first-order chi connectivity index (χ1) is 13.0. The number of alkyl halides is 5. The van der Waals surface area contributed by atoms with Gasteiger partial charge in [-0.2, -0.15) is 22.0 Å². The van der Waals surface area contributed by atoms with E-state index in [2.05, 4.69) is 5.32 Å². The standard InChI is InChI=1S/C19H16F6N2O/c1-2-17(12-6-4-3-5-7-12)14-10-13(20)8-9-15(14)26-16(28)27(17)11-18(21,22)19(23,24)25/h3-10H,2,11H2,1H3,(H,26,28). The average molecular weight is 402 g/mol. The first-order valence-corrected chi connectivity index (χ1v) is 8.41. The molecular weight excluding hydrogens is 386 g/mol. The van der Waals surface area contributed by atoms with E-state index in [9.17, 15) is 31.1 Å². The van der Waals surface area contributed by atoms with Gasteiger partial charge in [-0.05, 0) is 30.2 Å². The number of urea groups is 1. The molecule has 1 atom stereocenters. The Balaban J connectivity index is 2.27. The molecule has 1 aliphatic heterocycles. The van der Waals surface area contributed by atoms with Gasteiger partial charge in [0.25, 0.3) is 0 Å². The number of fused-ring (bicyclic) bond motifs is 1. The summed E-state index contributed by atoms with van der Waals surface area (Å²) in [6.07, 6.45) is -5.89. The van der Waals surface area contributed by atoms with Crippen LogP contribution in [0.25, 0.3) is 0 Å². The van der Waals surface area contributed by atoms with Gasteiger partial charge in [-0.1, -0.05) is 37.3 Å². The van der Waals surface area contributed by atoms with E-state index in [4.69, 9.17) is 0 Å². The largest absolute Gasteiger partial charge is 0.455 e. The van der Waals surface area contributed by atoms with Crippen molar-refractivity contribution in [2.45, 2.75) is 31.0 Å². The van der Waals surface area contributed by atoms with Gasteiger partial charge in [0.2, 0.25) is 0 Å². The topological polar surface area (TPSA) is 32.3 Å². The highest BCUT2D eigenvalue weighted by molar-refractivity contribution is 5.94. The summed E-state index contributed by atoms with van der Waals surface area (Å²) in [5.74, 6) is -5.85. The van der Waals surface area contributed by atoms with Crippen LogP contribution in [-0.2, 0) is 5.54 Å². The number of amides is 2. The summed E-state index contributed by atoms with van der Waals surface area (Å²) in [7, 11) is 0. The number of nitrogens with one attached hydrogen (secondary N) is 1. The monoisotopic (exact) mass is 402 g/mol. The number of hydrogen-bond acceptors (Lipinski definition) is 1. The molecule has 0 radical (unpaired) electrons. The third-order valence-electron chi connectivity index (χ3n) is 4.91. The zero-order valence-corrected chi connectivity index (χ0v) is 14.7. The van der Waals surface area contributed by atoms with Crippen LogP contribution < -0.4 is 5.32 Å². The zero-order chi connectivity index (χ0) is 20.7. The molecule has 28 heavy (non-hydrogen) atoms. The molecule has 2 aromatic rings. The fourth-order valence-corrected chi connectivity index (χ4v) is 3.57. The summed E-state index contributed by atoms with van der Waals surface area (Å²) < 4.78 is 80.4. The Morgan fingerprint density at radius 2 is 1.68 bits per heavy atom. The van der Waals surface area contributed by atoms with Gasteiger partial charge >= 0.3 is 18.1 Å². The van der Waals surface area contributed by atoms with Crippen LogP contribution in [-0.4, -0.2) is 29.6 Å². The number of halogens is 6. The molecule has 0 aromatic heterocycles. The van der Waals surface area contributed by atoms with Gasteiger partial charge in [-0.15, -0.1) is 0 Å². The molecule has 2 amide bonds. The van der Waals surface area contributed by atoms with Gasteiger partial charge in [0.1, 0.15) is 5.82 Å². The molecule has 9 heteroatoms. The van der Waals surface area contributed by atoms with Crippen LogP contribution in [0.1, 0.15) is 24.5 Å². The Hall–Kier alpha value is -2.71. The van der Waals surface area contributed by atoms with Crippen molar-refractivity contribution in [3.8, 4) is 0 Å². The molecule has 1 unspecified atom stereocenters. The fourth-order valence-electron chi connectivity index (χ4n) is 3.57. The van der Waals surface area contributed by atoms with Gasteiger partial charge in [0, 0.05) is 11.3 Å². The van der Waals surface area contributed by atoms with Crippen molar-refractivity contribution in [3.63, 3.8) is 0 Å². The van der Waals surface area contributed by atoms with Gasteiger partial charge in [0.15, 0.2) is 0 Å². The molecule has 0 fully saturated rings. The van der Waals surface area contributed by atoms with Crippen LogP contribution in [0.5, 0.6) is 0 Å². The van der Waals surface area contributed by atoms with Gasteiger partial charge in [-0.3, -0.25) is 0 Å². The van der Waals surface area contributed by atoms with E-state index >= 15 is 0 Å². The molecule has 0 saturated heterocycles. The Morgan fingerprint density at radius 3 is 2.25 bits per heavy atom. The molecule has 0 bridgehead atoms. The maximum atomic E-state index is 14.0. The van der Waals surface area contributed by atoms with Crippen LogP contribution in [0.2, 0.25) is 0 Å². The SMILES string of the molecule is CCC1(c2ccccc2)c2cc(F)ccc2NC(=O)N1CC(F)(F)C(F)(F)F. The summed E-state index contributed by atoms with van der Waals surface area (Å²) in [4.78, 5) is 13.1. The molecule has 150 valence electrons. The number of carbonyl (C=O) groups is 1. The Morgan fingerprint density at radius 1 is 1.04 bits per heavy atom. The van der Waals surface area contributed by atoms with E-state index < -0.39 is 36.0 Å². The molecule has 1 heterocycles. The van der Waals surface area contributed by atoms with Crippen LogP contribution in [0, 0.1) is 5.82 Å². The van der Waals surface area contributed by atoms with Crippen molar-refractivity contribution in [1.82, 2.24) is 4.90 Å². The lowest BCUT2D eigenvalue weighted by Crippen LogP contribution is -2.60. The molecule has 3 rings (SSSR count). The number of anilines is 1. The van der Waals surface area contributed by atoms with E-state index in [1.165, 1.54) is 18.2 Å². The molecular formula is C19H16F6N2O. The summed E-state index contributed by atoms with van der Waals surface area (Å²) in [6.45, 7) is -0.361. The van der Waals surface area contributed by atoms with E-state index in [0.29, 0.717) is 10.5 Å². The van der Waals surface area contributed by atoms with Gasteiger partial charge in [0.05, 0.1) is 12.1 Å². The average Bonchev–Trinajstić information content (AvgIpc) is 2.63. The minimum absolute atomic E-state index is 0.0468. The van der Waals surface area contributed by atoms with Crippen molar-refractivity contribution in [3.05, 3.63) is 65.5 Å². The summed E-state index contributed by atoms with van der Waals surface area (Å²) in [6, 6.07) is 10.1. The number of carbonyl (C=O) groups excluding carboxylic acids is 1. The van der Waals surface area contributed by atoms with Crippen molar-refractivity contribution in [2.75, 3.05) is 11.9 Å². The predicted octanol–water partition coefficient (Wildman–Crippen LogP) is 5.52. The maximum Gasteiger partial charge on any atom is 0.455 e. The maximum absolute atomic E-state index is 14.0. The lowest BCUT2D eigenvalue weighted by atomic mass is 9.76. The predicted molar refractivity (Wildman–Crippen MR) is 90.6 cm³/mol. The normalized spacial score (nSPS) is 20.0. The van der Waals surface area contributed by atoms with E-state index in [-0.39, 0.29) is 17.7 Å². The Labute approximate surface area is 157 Å². The lowest BCUT2D eigenvalue weighted by Gasteiger charge is -2.49. The summed E-state index contributed by atoms with van der Waals surface area (Å²) in [5.41, 5.74) is -1.13. The molecule has 1 aliphatic rings. The second kappa shape index (κ2) is 6.72. The van der Waals surface area contributed by atoms with Gasteiger partial charge < -0.3 is 10.2 Å². The first kappa shape index (κ1) is 20.0. The number of nitrogens with zero attached hydrogens (tertiary/aromatic N) is 1. The second-order valence-electron chi connectivity index (χ2n) is 6.49. The molecule has 1 N–H and O–H groups in total. The van der Waals surface area contributed by atoms with Crippen LogP contribution in [0.4, 0.5) is 36.8 Å². The second-order valence-corrected chi connectivity index (χ2v) is 6.49. The molecule has 0 aliphatic carbocycles. The number of benzene rings is 2. The van der Waals surface area contributed by atoms with Crippen LogP contribution >= 0.6 is 0 Å². The van der Waals surface area contributed by atoms with Gasteiger partial charge in [-0.25, -0.2) is 9.18 Å². The fraction of sp³-hybridized carbons (Fsp3) is 0.316. The Bertz CT molecular complexity index is 884. The minimum Gasteiger partial charge on any atom is -0.307 e. The van der Waals surface area contributed by atoms with E-state index in [1.807, 2.05) is 0 Å².